The first kappa shape index (κ1) is 72.9. The maximum absolute atomic E-state index is 9.55. The minimum absolute atomic E-state index is 0.271. The number of rotatable bonds is 17. The van der Waals surface area contributed by atoms with Gasteiger partial charge in [-0.25, -0.2) is 79.6 Å². The minimum atomic E-state index is 0.271. The van der Waals surface area contributed by atoms with Crippen LogP contribution in [0.3, 0.4) is 0 Å². The van der Waals surface area contributed by atoms with E-state index in [-0.39, 0.29) is 11.5 Å². The highest BCUT2D eigenvalue weighted by Gasteiger charge is 2.28. The van der Waals surface area contributed by atoms with E-state index < -0.39 is 0 Å². The normalized spacial score (nSPS) is 11.4. The number of fused-ring (bicyclic) bond motifs is 6. The molecule has 0 unspecified atom stereocenters. The zero-order valence-electron chi connectivity index (χ0n) is 66.0. The first-order valence-corrected chi connectivity index (χ1v) is 40.5. The van der Waals surface area contributed by atoms with Crippen LogP contribution in [0, 0.1) is 6.57 Å². The molecule has 18 nitrogen and oxygen atoms in total. The van der Waals surface area contributed by atoms with Crippen LogP contribution in [-0.4, -0.2) is 83.9 Å². The average molecular weight is 1590 g/mol. The third kappa shape index (κ3) is 13.8. The molecule has 7 heterocycles. The molecule has 0 N–H and O–H groups in total. The summed E-state index contributed by atoms with van der Waals surface area (Å²) in [7, 11) is 0. The minimum Gasteiger partial charge on any atom is -0.308 e. The Morgan fingerprint density at radius 2 is 0.323 bits per heavy atom. The van der Waals surface area contributed by atoms with E-state index in [0.717, 1.165) is 122 Å². The van der Waals surface area contributed by atoms with Crippen molar-refractivity contribution in [2.75, 3.05) is 0 Å². The van der Waals surface area contributed by atoms with Gasteiger partial charge >= 0.3 is 0 Å². The standard InChI is InChI=1S/C106H64N18/c1-107-85-65-91(124-88-58-54-78(104-117-96(70-40-20-6-21-41-70)110-97(118-104)71-42-22-7-23-43-71)62-82(88)83-63-79(55-59-89(83)124)105-119-98(72-44-24-8-25-45-72)111-99(120-105)73-46-26-9-27-47-73)90(64-84(85)106-121-100(74-48-28-10-29-49-74)112-101(122-106)75-50-30-11-31-51-75)123-86-56-52-76(102-113-92(66-32-12-2-13-33-66)108-93(114-102)67-34-14-3-15-35-67)60-80(86)81-61-77(53-57-87(81)123)103-115-94(68-36-16-4-17-37-68)109-95(116-103)69-38-18-5-19-39-69/h2-65H. The van der Waals surface area contributed by atoms with Crippen molar-refractivity contribution in [1.29, 1.82) is 0 Å². The molecule has 18 heteroatoms. The van der Waals surface area contributed by atoms with Gasteiger partial charge in [0.25, 0.3) is 0 Å². The molecule has 0 radical (unpaired) electrons. The molecule has 7 aromatic heterocycles. The van der Waals surface area contributed by atoms with Crippen LogP contribution in [0.15, 0.2) is 388 Å². The third-order valence-electron chi connectivity index (χ3n) is 22.0. The molecule has 15 aromatic carbocycles. The molecule has 0 atom stereocenters. The summed E-state index contributed by atoms with van der Waals surface area (Å²) in [6.07, 6.45) is 0. The third-order valence-corrected chi connectivity index (χ3v) is 22.0. The summed E-state index contributed by atoms with van der Waals surface area (Å²) >= 11 is 0. The molecule has 22 rings (SSSR count). The van der Waals surface area contributed by atoms with Gasteiger partial charge in [0.2, 0.25) is 0 Å². The van der Waals surface area contributed by atoms with Gasteiger partial charge in [-0.15, -0.1) is 0 Å². The predicted molar refractivity (Wildman–Crippen MR) is 490 cm³/mol. The molecule has 22 aromatic rings. The van der Waals surface area contributed by atoms with Crippen LogP contribution >= 0.6 is 0 Å². The van der Waals surface area contributed by atoms with Crippen LogP contribution < -0.4 is 0 Å². The van der Waals surface area contributed by atoms with Gasteiger partial charge in [0.15, 0.2) is 93.1 Å². The molecular weight excluding hydrogens is 1530 g/mol. The van der Waals surface area contributed by atoms with Gasteiger partial charge in [0.05, 0.1) is 40.0 Å². The lowest BCUT2D eigenvalue weighted by atomic mass is 10.1. The Bertz CT molecular complexity index is 7230. The zero-order valence-corrected chi connectivity index (χ0v) is 66.0. The number of hydrogen-bond acceptors (Lipinski definition) is 15. The summed E-state index contributed by atoms with van der Waals surface area (Å²) in [4.78, 5) is 83.4. The summed E-state index contributed by atoms with van der Waals surface area (Å²) in [5, 5.41) is 3.32. The molecule has 0 fully saturated rings. The van der Waals surface area contributed by atoms with E-state index in [1.165, 1.54) is 0 Å². The van der Waals surface area contributed by atoms with Crippen molar-refractivity contribution < 1.29 is 0 Å². The van der Waals surface area contributed by atoms with E-state index >= 15 is 0 Å². The van der Waals surface area contributed by atoms with Crippen molar-refractivity contribution in [3.63, 3.8) is 0 Å². The lowest BCUT2D eigenvalue weighted by molar-refractivity contribution is 1.06. The molecule has 0 aliphatic carbocycles. The van der Waals surface area contributed by atoms with E-state index in [4.69, 9.17) is 74.8 Å². The Morgan fingerprint density at radius 1 is 0.161 bits per heavy atom. The van der Waals surface area contributed by atoms with Crippen molar-refractivity contribution in [3.05, 3.63) is 400 Å². The lowest BCUT2D eigenvalue weighted by Crippen LogP contribution is -2.06. The molecule has 0 spiro atoms. The largest absolute Gasteiger partial charge is 0.308 e. The van der Waals surface area contributed by atoms with E-state index in [9.17, 15) is 6.57 Å². The van der Waals surface area contributed by atoms with Gasteiger partial charge < -0.3 is 9.13 Å². The molecule has 0 aliphatic rings. The Kier molecular flexibility index (Phi) is 18.4. The highest BCUT2D eigenvalue weighted by Crippen LogP contribution is 2.47. The molecule has 0 bridgehead atoms. The Labute approximate surface area is 710 Å². The average Bonchev–Trinajstić information content (AvgIpc) is 1.55. The molecule has 124 heavy (non-hydrogen) atoms. The molecule has 0 saturated heterocycles. The van der Waals surface area contributed by atoms with Crippen molar-refractivity contribution in [1.82, 2.24) is 83.9 Å². The summed E-state index contributed by atoms with van der Waals surface area (Å²) < 4.78 is 4.53. The quantitative estimate of drug-likeness (QED) is 0.0777. The van der Waals surface area contributed by atoms with Gasteiger partial charge in [0.1, 0.15) is 0 Å². The molecule has 0 amide bonds. The molecule has 0 aliphatic heterocycles. The molecule has 578 valence electrons. The molecule has 0 saturated carbocycles. The highest BCUT2D eigenvalue weighted by atomic mass is 15.1. The SMILES string of the molecule is [C-]#[N+]c1cc(-n2c3ccc(-c4nc(-c5ccccc5)nc(-c5ccccc5)n4)cc3c3cc(-c4nc(-c5ccccc5)nc(-c5ccccc5)n4)ccc32)c(-n2c3ccc(-c4nc(-c5ccccc5)nc(-c5ccccc5)n4)cc3c3cc(-c4nc(-c5ccccc5)nc(-c5ccccc5)n4)ccc32)cc1-c1nc(-c2ccccc2)nc(-c2ccccc2)n1. The fourth-order valence-corrected chi connectivity index (χ4v) is 16.0. The van der Waals surface area contributed by atoms with Crippen molar-refractivity contribution in [3.8, 4) is 182 Å². The fourth-order valence-electron chi connectivity index (χ4n) is 16.0. The second kappa shape index (κ2) is 31.4. The van der Waals surface area contributed by atoms with Gasteiger partial charge in [-0.1, -0.05) is 303 Å². The van der Waals surface area contributed by atoms with Crippen LogP contribution in [-0.2, 0) is 0 Å². The van der Waals surface area contributed by atoms with Gasteiger partial charge in [-0.05, 0) is 84.9 Å². The van der Waals surface area contributed by atoms with E-state index in [1.807, 2.05) is 309 Å². The smallest absolute Gasteiger partial charge is 0.200 e. The predicted octanol–water partition coefficient (Wildman–Crippen LogP) is 24.4. The van der Waals surface area contributed by atoms with E-state index in [1.54, 1.807) is 0 Å². The summed E-state index contributed by atoms with van der Waals surface area (Å²) in [5.41, 5.74) is 16.3. The van der Waals surface area contributed by atoms with Crippen LogP contribution in [0.4, 0.5) is 5.69 Å². The van der Waals surface area contributed by atoms with Crippen molar-refractivity contribution in [2.24, 2.45) is 0 Å². The number of aromatic nitrogens is 17. The van der Waals surface area contributed by atoms with Gasteiger partial charge in [0, 0.05) is 105 Å². The maximum Gasteiger partial charge on any atom is 0.200 e. The summed E-state index contributed by atoms with van der Waals surface area (Å²) in [5.74, 6) is 7.14. The highest BCUT2D eigenvalue weighted by molar-refractivity contribution is 6.14. The topological polar surface area (TPSA) is 208 Å². The van der Waals surface area contributed by atoms with Gasteiger partial charge in [-0.2, -0.15) is 0 Å². The van der Waals surface area contributed by atoms with Crippen molar-refractivity contribution in [2.45, 2.75) is 0 Å². The van der Waals surface area contributed by atoms with Crippen LogP contribution in [0.25, 0.3) is 231 Å². The van der Waals surface area contributed by atoms with Gasteiger partial charge in [-0.3, -0.25) is 0 Å². The number of nitrogens with zero attached hydrogens (tertiary/aromatic N) is 18. The Hall–Kier alpha value is -17.6. The van der Waals surface area contributed by atoms with E-state index in [0.29, 0.717) is 98.5 Å². The first-order valence-electron chi connectivity index (χ1n) is 40.5. The van der Waals surface area contributed by atoms with Crippen molar-refractivity contribution >= 4 is 49.3 Å². The zero-order chi connectivity index (χ0) is 82.4. The Morgan fingerprint density at radius 3 is 0.500 bits per heavy atom. The monoisotopic (exact) mass is 1590 g/mol. The van der Waals surface area contributed by atoms with Crippen LogP contribution in [0.1, 0.15) is 0 Å². The second-order valence-corrected chi connectivity index (χ2v) is 29.8. The molecular formula is C106H64N18. The number of hydrogen-bond donors (Lipinski definition) is 0. The van der Waals surface area contributed by atoms with Crippen LogP contribution in [0.5, 0.6) is 0 Å². The fraction of sp³-hybridized carbons (Fsp3) is 0. The van der Waals surface area contributed by atoms with Crippen LogP contribution in [0.2, 0.25) is 0 Å². The second-order valence-electron chi connectivity index (χ2n) is 29.8. The first-order chi connectivity index (χ1) is 61.4. The maximum atomic E-state index is 9.55. The summed E-state index contributed by atoms with van der Waals surface area (Å²) in [6, 6.07) is 129. The van der Waals surface area contributed by atoms with E-state index in [2.05, 4.69) is 92.8 Å². The lowest BCUT2D eigenvalue weighted by Gasteiger charge is -2.20. The Balaban J connectivity index is 0.847. The number of benzene rings is 15. The summed E-state index contributed by atoms with van der Waals surface area (Å²) in [6.45, 7) is 9.55.